The molecule has 0 N–H and O–H groups in total. The molecule has 0 radical (unpaired) electrons. The first kappa shape index (κ1) is 13.3. The van der Waals surface area contributed by atoms with E-state index < -0.39 is 29.4 Å². The van der Waals surface area contributed by atoms with E-state index in [0.717, 1.165) is 0 Å². The van der Waals surface area contributed by atoms with Gasteiger partial charge in [-0.05, 0) is 13.8 Å². The molecule has 2 aliphatic heterocycles. The second kappa shape index (κ2) is 4.17. The summed E-state index contributed by atoms with van der Waals surface area (Å²) in [5.41, 5.74) is -1.21. The number of carbonyl (C=O) groups excluding carboxylic acids is 2. The van der Waals surface area contributed by atoms with E-state index in [2.05, 4.69) is 15.9 Å². The fourth-order valence-electron chi connectivity index (χ4n) is 3.08. The molecule has 1 aliphatic carbocycles. The summed E-state index contributed by atoms with van der Waals surface area (Å²) in [6.45, 7) is 3.63. The Kier molecular flexibility index (Phi) is 2.92. The predicted molar refractivity (Wildman–Crippen MR) is 65.6 cm³/mol. The second-order valence-corrected chi connectivity index (χ2v) is 6.15. The molecule has 3 rings (SSSR count). The maximum atomic E-state index is 12.0. The summed E-state index contributed by atoms with van der Waals surface area (Å²) in [4.78, 5) is 23.5. The van der Waals surface area contributed by atoms with Gasteiger partial charge in [0.2, 0.25) is 5.60 Å². The zero-order chi connectivity index (χ0) is 13.8. The van der Waals surface area contributed by atoms with Crippen molar-refractivity contribution in [3.8, 4) is 0 Å². The largest absolute Gasteiger partial charge is 0.456 e. The van der Waals surface area contributed by atoms with Crippen LogP contribution in [0, 0.1) is 0 Å². The zero-order valence-corrected chi connectivity index (χ0v) is 12.3. The van der Waals surface area contributed by atoms with Crippen LogP contribution in [-0.2, 0) is 28.5 Å². The van der Waals surface area contributed by atoms with E-state index in [1.54, 1.807) is 0 Å². The van der Waals surface area contributed by atoms with Crippen LogP contribution in [0.15, 0.2) is 0 Å². The van der Waals surface area contributed by atoms with Gasteiger partial charge in [-0.25, -0.2) is 4.79 Å². The Labute approximate surface area is 118 Å². The molecule has 1 saturated carbocycles. The summed E-state index contributed by atoms with van der Waals surface area (Å²) in [5.74, 6) is -1.67. The van der Waals surface area contributed by atoms with E-state index in [1.807, 2.05) is 13.8 Å². The van der Waals surface area contributed by atoms with Gasteiger partial charge in [0.1, 0.15) is 17.5 Å². The Bertz CT molecular complexity index is 436. The molecular formula is C12H15BrO6. The minimum atomic E-state index is -1.21. The van der Waals surface area contributed by atoms with Gasteiger partial charge in [0, 0.05) is 12.8 Å². The number of hydrogen-bond donors (Lipinski definition) is 0. The SMILES string of the molecule is CC1(C)OC2[C@@H]3C[C@@](OC(=O)CBr)(C[C@H]2O1)C(=O)O3. The van der Waals surface area contributed by atoms with Crippen molar-refractivity contribution in [3.05, 3.63) is 0 Å². The fraction of sp³-hybridized carbons (Fsp3) is 0.833. The summed E-state index contributed by atoms with van der Waals surface area (Å²) >= 11 is 3.02. The number of halogens is 1. The number of carbonyl (C=O) groups is 2. The molecule has 1 unspecified atom stereocenters. The third-order valence-electron chi connectivity index (χ3n) is 3.70. The van der Waals surface area contributed by atoms with E-state index >= 15 is 0 Å². The van der Waals surface area contributed by atoms with Gasteiger partial charge in [0.25, 0.3) is 0 Å². The van der Waals surface area contributed by atoms with Gasteiger partial charge in [0.05, 0.1) is 6.10 Å². The number of hydrogen-bond acceptors (Lipinski definition) is 6. The monoisotopic (exact) mass is 334 g/mol. The van der Waals surface area contributed by atoms with Crippen LogP contribution in [0.3, 0.4) is 0 Å². The van der Waals surface area contributed by atoms with Crippen molar-refractivity contribution in [2.75, 3.05) is 5.33 Å². The Hall–Kier alpha value is -0.660. The lowest BCUT2D eigenvalue weighted by atomic mass is 9.82. The van der Waals surface area contributed by atoms with Gasteiger partial charge < -0.3 is 18.9 Å². The minimum Gasteiger partial charge on any atom is -0.456 e. The van der Waals surface area contributed by atoms with E-state index in [-0.39, 0.29) is 24.0 Å². The molecule has 0 spiro atoms. The van der Waals surface area contributed by atoms with E-state index in [9.17, 15) is 9.59 Å². The standard InChI is InChI=1S/C12H15BrO6/c1-11(2)17-7-4-12(18-8(14)5-13)3-6(9(7)19-11)16-10(12)15/h6-7,9H,3-5H2,1-2H3/t6-,7+,9?,12+/m0/s1. The molecule has 0 aromatic rings. The first-order valence-electron chi connectivity index (χ1n) is 6.20. The van der Waals surface area contributed by atoms with Crippen molar-refractivity contribution in [3.63, 3.8) is 0 Å². The molecular weight excluding hydrogens is 320 g/mol. The molecule has 2 bridgehead atoms. The van der Waals surface area contributed by atoms with Crippen LogP contribution in [0.25, 0.3) is 0 Å². The van der Waals surface area contributed by atoms with Crippen LogP contribution in [0.1, 0.15) is 26.7 Å². The summed E-state index contributed by atoms with van der Waals surface area (Å²) in [7, 11) is 0. The van der Waals surface area contributed by atoms with Crippen LogP contribution < -0.4 is 0 Å². The normalized spacial score (nSPS) is 42.7. The summed E-state index contributed by atoms with van der Waals surface area (Å²) in [6.07, 6.45) is -0.350. The van der Waals surface area contributed by atoms with Crippen LogP contribution in [0.5, 0.6) is 0 Å². The number of alkyl halides is 1. The third kappa shape index (κ3) is 2.08. The maximum absolute atomic E-state index is 12.0. The Morgan fingerprint density at radius 1 is 1.37 bits per heavy atom. The molecule has 3 aliphatic rings. The van der Waals surface area contributed by atoms with Gasteiger partial charge in [0.15, 0.2) is 5.79 Å². The molecule has 0 aromatic heterocycles. The minimum absolute atomic E-state index is 0.0453. The molecule has 2 heterocycles. The molecule has 0 aromatic carbocycles. The second-order valence-electron chi connectivity index (χ2n) is 5.59. The van der Waals surface area contributed by atoms with Crippen LogP contribution in [0.4, 0.5) is 0 Å². The quantitative estimate of drug-likeness (QED) is 0.552. The first-order chi connectivity index (χ1) is 8.85. The third-order valence-corrected chi connectivity index (χ3v) is 4.16. The fourth-order valence-corrected chi connectivity index (χ4v) is 3.19. The van der Waals surface area contributed by atoms with Crippen molar-refractivity contribution in [2.24, 2.45) is 0 Å². The van der Waals surface area contributed by atoms with E-state index in [0.29, 0.717) is 6.42 Å². The van der Waals surface area contributed by atoms with Crippen LogP contribution >= 0.6 is 15.9 Å². The highest BCUT2D eigenvalue weighted by molar-refractivity contribution is 9.09. The highest BCUT2D eigenvalue weighted by Gasteiger charge is 2.65. The van der Waals surface area contributed by atoms with Gasteiger partial charge in [-0.3, -0.25) is 4.79 Å². The van der Waals surface area contributed by atoms with Gasteiger partial charge in [-0.1, -0.05) is 15.9 Å². The molecule has 3 fully saturated rings. The smallest absolute Gasteiger partial charge is 0.351 e. The molecule has 7 heteroatoms. The van der Waals surface area contributed by atoms with Crippen LogP contribution in [-0.4, -0.2) is 47.0 Å². The van der Waals surface area contributed by atoms with Crippen LogP contribution in [0.2, 0.25) is 0 Å². The molecule has 6 nitrogen and oxygen atoms in total. The predicted octanol–water partition coefficient (Wildman–Crippen LogP) is 0.903. The van der Waals surface area contributed by atoms with Crippen molar-refractivity contribution < 1.29 is 28.5 Å². The number of esters is 2. The highest BCUT2D eigenvalue weighted by Crippen LogP contribution is 2.48. The molecule has 19 heavy (non-hydrogen) atoms. The van der Waals surface area contributed by atoms with E-state index in [4.69, 9.17) is 18.9 Å². The summed E-state index contributed by atoms with van der Waals surface area (Å²) < 4.78 is 22.1. The summed E-state index contributed by atoms with van der Waals surface area (Å²) in [6, 6.07) is 0. The first-order valence-corrected chi connectivity index (χ1v) is 7.32. The van der Waals surface area contributed by atoms with Crippen molar-refractivity contribution in [2.45, 2.75) is 56.4 Å². The maximum Gasteiger partial charge on any atom is 0.351 e. The van der Waals surface area contributed by atoms with Crippen molar-refractivity contribution in [1.29, 1.82) is 0 Å². The average molecular weight is 335 g/mol. The zero-order valence-electron chi connectivity index (χ0n) is 10.7. The van der Waals surface area contributed by atoms with Crippen molar-refractivity contribution >= 4 is 27.9 Å². The number of rotatable bonds is 2. The lowest BCUT2D eigenvalue weighted by Gasteiger charge is -2.32. The Morgan fingerprint density at radius 2 is 2.05 bits per heavy atom. The van der Waals surface area contributed by atoms with Crippen molar-refractivity contribution in [1.82, 2.24) is 0 Å². The highest BCUT2D eigenvalue weighted by atomic mass is 79.9. The number of fused-ring (bicyclic) bond motifs is 4. The lowest BCUT2D eigenvalue weighted by Crippen LogP contribution is -2.49. The van der Waals surface area contributed by atoms with E-state index in [1.165, 1.54) is 0 Å². The topological polar surface area (TPSA) is 71.1 Å². The Morgan fingerprint density at radius 3 is 2.74 bits per heavy atom. The molecule has 0 amide bonds. The molecule has 2 saturated heterocycles. The number of ether oxygens (including phenoxy) is 4. The van der Waals surface area contributed by atoms with Gasteiger partial charge in [-0.15, -0.1) is 0 Å². The van der Waals surface area contributed by atoms with Gasteiger partial charge in [-0.2, -0.15) is 0 Å². The lowest BCUT2D eigenvalue weighted by molar-refractivity contribution is -0.180. The molecule has 4 atom stereocenters. The molecule has 106 valence electrons. The Balaban J connectivity index is 1.84. The average Bonchev–Trinajstić information content (AvgIpc) is 2.75. The van der Waals surface area contributed by atoms with Gasteiger partial charge >= 0.3 is 11.9 Å². The summed E-state index contributed by atoms with van der Waals surface area (Å²) in [5, 5.41) is 0.0453.